The number of nitrogens with one attached hydrogen (secondary N) is 1. The summed E-state index contributed by atoms with van der Waals surface area (Å²) in [5.74, 6) is 0.432. The molecule has 2 heterocycles. The lowest BCUT2D eigenvalue weighted by atomic mass is 9.78. The van der Waals surface area contributed by atoms with Gasteiger partial charge in [0.2, 0.25) is 0 Å². The van der Waals surface area contributed by atoms with Gasteiger partial charge in [0.05, 0.1) is 11.2 Å². The number of amides is 1. The van der Waals surface area contributed by atoms with Crippen LogP contribution in [0.4, 0.5) is 10.6 Å². The van der Waals surface area contributed by atoms with Gasteiger partial charge in [0.1, 0.15) is 11.4 Å². The maximum Gasteiger partial charge on any atom is 0.496 e. The Hall–Kier alpha value is -1.60. The molecular weight excluding hydrogens is 307 g/mol. The molecule has 1 amide bonds. The zero-order chi connectivity index (χ0) is 18.3. The van der Waals surface area contributed by atoms with Crippen molar-refractivity contribution in [1.82, 2.24) is 4.98 Å². The predicted molar refractivity (Wildman–Crippen MR) is 94.5 cm³/mol. The molecule has 0 unspecified atom stereocenters. The summed E-state index contributed by atoms with van der Waals surface area (Å²) in [6, 6.07) is 3.58. The van der Waals surface area contributed by atoms with E-state index in [0.717, 1.165) is 11.2 Å². The molecule has 7 heteroatoms. The van der Waals surface area contributed by atoms with Crippen LogP contribution in [0, 0.1) is 6.92 Å². The smallest absolute Gasteiger partial charge is 0.444 e. The van der Waals surface area contributed by atoms with E-state index >= 15 is 0 Å². The summed E-state index contributed by atoms with van der Waals surface area (Å²) >= 11 is 0. The fourth-order valence-corrected chi connectivity index (χ4v) is 2.27. The van der Waals surface area contributed by atoms with Crippen LogP contribution in [0.3, 0.4) is 0 Å². The molecule has 0 bridgehead atoms. The Morgan fingerprint density at radius 1 is 1.17 bits per heavy atom. The lowest BCUT2D eigenvalue weighted by molar-refractivity contribution is 0.00578. The first-order valence-corrected chi connectivity index (χ1v) is 8.14. The van der Waals surface area contributed by atoms with Crippen LogP contribution < -0.4 is 10.8 Å². The number of ether oxygens (including phenoxy) is 1. The summed E-state index contributed by atoms with van der Waals surface area (Å²) in [7, 11) is -0.474. The molecule has 1 aromatic rings. The van der Waals surface area contributed by atoms with Crippen LogP contribution >= 0.6 is 0 Å². The van der Waals surface area contributed by atoms with Crippen molar-refractivity contribution < 1.29 is 18.8 Å². The van der Waals surface area contributed by atoms with Crippen LogP contribution in [0.15, 0.2) is 12.1 Å². The molecule has 1 saturated heterocycles. The standard InChI is InChI=1S/C17H27BN2O4/c1-11-12(18-23-16(5,6)17(7,8)24-18)9-10-13(19-11)20-14(21)22-15(2,3)4/h9-10H,1-8H3,(H,19,20,21). The quantitative estimate of drug-likeness (QED) is 0.842. The van der Waals surface area contributed by atoms with Gasteiger partial charge in [0, 0.05) is 11.2 Å². The number of hydrogen-bond acceptors (Lipinski definition) is 5. The minimum atomic E-state index is -0.554. The van der Waals surface area contributed by atoms with E-state index in [9.17, 15) is 4.79 Å². The third-order valence-corrected chi connectivity index (χ3v) is 4.26. The van der Waals surface area contributed by atoms with Crippen LogP contribution in [0.2, 0.25) is 0 Å². The zero-order valence-electron chi connectivity index (χ0n) is 15.8. The average Bonchev–Trinajstić information content (AvgIpc) is 2.55. The molecule has 0 saturated carbocycles. The second kappa shape index (κ2) is 6.04. The van der Waals surface area contributed by atoms with Gasteiger partial charge in [-0.25, -0.2) is 9.78 Å². The third kappa shape index (κ3) is 4.08. The van der Waals surface area contributed by atoms with Crippen LogP contribution in [-0.2, 0) is 14.0 Å². The largest absolute Gasteiger partial charge is 0.496 e. The number of nitrogens with zero attached hydrogens (tertiary/aromatic N) is 1. The Morgan fingerprint density at radius 3 is 2.17 bits per heavy atom. The molecule has 0 radical (unpaired) electrons. The van der Waals surface area contributed by atoms with E-state index in [2.05, 4.69) is 10.3 Å². The highest BCUT2D eigenvalue weighted by molar-refractivity contribution is 6.62. The lowest BCUT2D eigenvalue weighted by Crippen LogP contribution is -2.41. The Morgan fingerprint density at radius 2 is 1.71 bits per heavy atom. The number of carbonyl (C=O) groups excluding carboxylic acids is 1. The summed E-state index contributed by atoms with van der Waals surface area (Å²) in [4.78, 5) is 16.2. The van der Waals surface area contributed by atoms with Crippen molar-refractivity contribution in [3.63, 3.8) is 0 Å². The van der Waals surface area contributed by atoms with E-state index in [1.54, 1.807) is 6.07 Å². The second-order valence-electron chi connectivity index (χ2n) is 8.09. The molecule has 0 atom stereocenters. The molecule has 1 aliphatic rings. The number of aryl methyl sites for hydroxylation is 1. The van der Waals surface area contributed by atoms with E-state index in [4.69, 9.17) is 14.0 Å². The van der Waals surface area contributed by atoms with Crippen molar-refractivity contribution in [2.75, 3.05) is 5.32 Å². The summed E-state index contributed by atoms with van der Waals surface area (Å²) in [5, 5.41) is 2.64. The van der Waals surface area contributed by atoms with Crippen LogP contribution in [0.1, 0.15) is 54.2 Å². The molecule has 0 spiro atoms. The molecule has 1 aliphatic heterocycles. The van der Waals surface area contributed by atoms with Gasteiger partial charge in [0.25, 0.3) is 0 Å². The summed E-state index contributed by atoms with van der Waals surface area (Å²) < 4.78 is 17.3. The Balaban J connectivity index is 2.13. The first-order chi connectivity index (χ1) is 10.8. The van der Waals surface area contributed by atoms with Gasteiger partial charge in [-0.15, -0.1) is 0 Å². The van der Waals surface area contributed by atoms with Crippen molar-refractivity contribution in [3.05, 3.63) is 17.8 Å². The number of carbonyl (C=O) groups is 1. The molecular formula is C17H27BN2O4. The summed E-state index contributed by atoms with van der Waals surface area (Å²) in [6.07, 6.45) is -0.530. The second-order valence-corrected chi connectivity index (χ2v) is 8.09. The van der Waals surface area contributed by atoms with Crippen molar-refractivity contribution in [2.45, 2.75) is 72.2 Å². The maximum absolute atomic E-state index is 11.8. The van der Waals surface area contributed by atoms with Crippen molar-refractivity contribution >= 4 is 24.5 Å². The molecule has 6 nitrogen and oxygen atoms in total. The van der Waals surface area contributed by atoms with Crippen molar-refractivity contribution in [3.8, 4) is 0 Å². The van der Waals surface area contributed by atoms with Gasteiger partial charge in [-0.05, 0) is 61.5 Å². The van der Waals surface area contributed by atoms with E-state index in [-0.39, 0.29) is 0 Å². The van der Waals surface area contributed by atoms with Crippen LogP contribution in [0.25, 0.3) is 0 Å². The minimum absolute atomic E-state index is 0.405. The molecule has 1 N–H and O–H groups in total. The SMILES string of the molecule is Cc1nc(NC(=O)OC(C)(C)C)ccc1B1OC(C)(C)C(C)(C)O1. The topological polar surface area (TPSA) is 69.7 Å². The van der Waals surface area contributed by atoms with Crippen LogP contribution in [0.5, 0.6) is 0 Å². The summed E-state index contributed by atoms with van der Waals surface area (Å²) in [6.45, 7) is 15.3. The van der Waals surface area contributed by atoms with Gasteiger partial charge < -0.3 is 14.0 Å². The number of anilines is 1. The van der Waals surface area contributed by atoms with E-state index in [0.29, 0.717) is 5.82 Å². The average molecular weight is 334 g/mol. The first-order valence-electron chi connectivity index (χ1n) is 8.14. The van der Waals surface area contributed by atoms with Gasteiger partial charge in [0.15, 0.2) is 0 Å². The first kappa shape index (κ1) is 18.7. The van der Waals surface area contributed by atoms with E-state index in [1.807, 2.05) is 61.5 Å². The third-order valence-electron chi connectivity index (χ3n) is 4.26. The van der Waals surface area contributed by atoms with Gasteiger partial charge in [-0.1, -0.05) is 6.07 Å². The fourth-order valence-electron chi connectivity index (χ4n) is 2.27. The highest BCUT2D eigenvalue weighted by Gasteiger charge is 2.52. The number of aromatic nitrogens is 1. The van der Waals surface area contributed by atoms with E-state index < -0.39 is 30.0 Å². The van der Waals surface area contributed by atoms with Crippen molar-refractivity contribution in [1.29, 1.82) is 0 Å². The number of rotatable bonds is 2. The highest BCUT2D eigenvalue weighted by atomic mass is 16.7. The lowest BCUT2D eigenvalue weighted by Gasteiger charge is -2.32. The highest BCUT2D eigenvalue weighted by Crippen LogP contribution is 2.36. The molecule has 0 aliphatic carbocycles. The molecule has 2 rings (SSSR count). The maximum atomic E-state index is 11.8. The Kier molecular flexibility index (Phi) is 4.72. The fraction of sp³-hybridized carbons (Fsp3) is 0.647. The molecule has 132 valence electrons. The molecule has 24 heavy (non-hydrogen) atoms. The van der Waals surface area contributed by atoms with Crippen LogP contribution in [-0.4, -0.2) is 35.0 Å². The van der Waals surface area contributed by atoms with Gasteiger partial charge >= 0.3 is 13.2 Å². The predicted octanol–water partition coefficient (Wildman–Crippen LogP) is 3.04. The monoisotopic (exact) mass is 334 g/mol. The van der Waals surface area contributed by atoms with Gasteiger partial charge in [-0.2, -0.15) is 0 Å². The van der Waals surface area contributed by atoms with Gasteiger partial charge in [-0.3, -0.25) is 5.32 Å². The number of hydrogen-bond donors (Lipinski definition) is 1. The molecule has 1 fully saturated rings. The number of pyridine rings is 1. The van der Waals surface area contributed by atoms with E-state index in [1.165, 1.54) is 0 Å². The zero-order valence-corrected chi connectivity index (χ0v) is 15.8. The summed E-state index contributed by atoms with van der Waals surface area (Å²) in [5.41, 5.74) is 0.224. The van der Waals surface area contributed by atoms with Crippen molar-refractivity contribution in [2.24, 2.45) is 0 Å². The Labute approximate surface area is 144 Å². The Bertz CT molecular complexity index is 622. The molecule has 0 aromatic carbocycles. The minimum Gasteiger partial charge on any atom is -0.444 e. The normalized spacial score (nSPS) is 19.2. The molecule has 1 aromatic heterocycles.